The maximum atomic E-state index is 10.1. The first-order chi connectivity index (χ1) is 9.39. The summed E-state index contributed by atoms with van der Waals surface area (Å²) >= 11 is 0. The molecule has 3 N–H and O–H groups in total. The zero-order chi connectivity index (χ0) is 15.0. The Balaban J connectivity index is 2.09. The molecular weight excluding hydrogens is 260 g/mol. The molecule has 1 aromatic heterocycles. The molecule has 0 aromatic carbocycles. The van der Waals surface area contributed by atoms with Crippen LogP contribution in [0.2, 0.25) is 0 Å². The Morgan fingerprint density at radius 3 is 2.85 bits per heavy atom. The van der Waals surface area contributed by atoms with E-state index in [1.807, 2.05) is 25.1 Å². The van der Waals surface area contributed by atoms with Crippen LogP contribution in [0.5, 0.6) is 0 Å². The number of nitrogens with zero attached hydrogens (tertiary/aromatic N) is 1. The molecule has 20 heavy (non-hydrogen) atoms. The molecule has 0 fully saturated rings. The van der Waals surface area contributed by atoms with E-state index in [9.17, 15) is 10.2 Å². The van der Waals surface area contributed by atoms with Gasteiger partial charge < -0.3 is 29.6 Å². The number of hydrogen-bond donors (Lipinski definition) is 3. The monoisotopic (exact) mass is 286 g/mol. The SMILES string of the molecule is CN(C)CC(C)(O)CNCC(O)COCc1ccco1. The Morgan fingerprint density at radius 1 is 1.50 bits per heavy atom. The van der Waals surface area contributed by atoms with E-state index in [1.54, 1.807) is 19.3 Å². The van der Waals surface area contributed by atoms with Crippen molar-refractivity contribution in [1.82, 2.24) is 10.2 Å². The lowest BCUT2D eigenvalue weighted by Gasteiger charge is -2.27. The maximum absolute atomic E-state index is 10.1. The number of aliphatic hydroxyl groups is 2. The molecule has 2 unspecified atom stereocenters. The molecule has 0 aliphatic rings. The molecule has 1 aromatic rings. The number of nitrogens with one attached hydrogen (secondary N) is 1. The quantitative estimate of drug-likeness (QED) is 0.564. The van der Waals surface area contributed by atoms with Crippen LogP contribution in [0.4, 0.5) is 0 Å². The lowest BCUT2D eigenvalue weighted by molar-refractivity contribution is 0.0108. The Hall–Kier alpha value is -0.920. The predicted octanol–water partition coefficient (Wildman–Crippen LogP) is 0.0593. The normalized spacial score (nSPS) is 16.3. The summed E-state index contributed by atoms with van der Waals surface area (Å²) in [4.78, 5) is 1.92. The molecule has 6 heteroatoms. The van der Waals surface area contributed by atoms with Gasteiger partial charge in [0.2, 0.25) is 0 Å². The minimum absolute atomic E-state index is 0.226. The van der Waals surface area contributed by atoms with E-state index in [1.165, 1.54) is 0 Å². The first-order valence-electron chi connectivity index (χ1n) is 6.75. The van der Waals surface area contributed by atoms with Crippen LogP contribution >= 0.6 is 0 Å². The van der Waals surface area contributed by atoms with Crippen LogP contribution in [0.3, 0.4) is 0 Å². The fraction of sp³-hybridized carbons (Fsp3) is 0.714. The van der Waals surface area contributed by atoms with Crippen molar-refractivity contribution >= 4 is 0 Å². The van der Waals surface area contributed by atoms with Crippen LogP contribution < -0.4 is 5.32 Å². The lowest BCUT2D eigenvalue weighted by atomic mass is 10.1. The Kier molecular flexibility index (Phi) is 7.18. The minimum Gasteiger partial charge on any atom is -0.467 e. The van der Waals surface area contributed by atoms with Gasteiger partial charge in [0.15, 0.2) is 0 Å². The van der Waals surface area contributed by atoms with Crippen molar-refractivity contribution in [3.63, 3.8) is 0 Å². The second-order valence-electron chi connectivity index (χ2n) is 5.61. The van der Waals surface area contributed by atoms with Gasteiger partial charge in [-0.1, -0.05) is 0 Å². The summed E-state index contributed by atoms with van der Waals surface area (Å²) in [5.74, 6) is 0.735. The molecule has 116 valence electrons. The molecule has 6 nitrogen and oxygen atoms in total. The zero-order valence-corrected chi connectivity index (χ0v) is 12.5. The first-order valence-corrected chi connectivity index (χ1v) is 6.75. The first kappa shape index (κ1) is 17.1. The van der Waals surface area contributed by atoms with E-state index >= 15 is 0 Å². The molecule has 0 aliphatic heterocycles. The standard InChI is InChI=1S/C14H26N2O4/c1-14(18,11-16(2)3)10-15-7-12(17)8-19-9-13-5-4-6-20-13/h4-6,12,15,17-18H,7-11H2,1-3H3. The largest absolute Gasteiger partial charge is 0.467 e. The summed E-state index contributed by atoms with van der Waals surface area (Å²) in [7, 11) is 3.82. The smallest absolute Gasteiger partial charge is 0.129 e. The Morgan fingerprint density at radius 2 is 2.25 bits per heavy atom. The van der Waals surface area contributed by atoms with E-state index < -0.39 is 11.7 Å². The number of aliphatic hydroxyl groups excluding tert-OH is 1. The van der Waals surface area contributed by atoms with Crippen LogP contribution in [-0.2, 0) is 11.3 Å². The van der Waals surface area contributed by atoms with Gasteiger partial charge in [0.05, 0.1) is 24.6 Å². The number of likely N-dealkylation sites (N-methyl/N-ethyl adjacent to an activating group) is 1. The van der Waals surface area contributed by atoms with Crippen molar-refractivity contribution in [2.75, 3.05) is 40.3 Å². The third-order valence-corrected chi connectivity index (χ3v) is 2.68. The van der Waals surface area contributed by atoms with E-state index in [4.69, 9.17) is 9.15 Å². The highest BCUT2D eigenvalue weighted by atomic mass is 16.5. The second-order valence-corrected chi connectivity index (χ2v) is 5.61. The summed E-state index contributed by atoms with van der Waals surface area (Å²) in [5.41, 5.74) is -0.821. The molecule has 0 radical (unpaired) electrons. The molecule has 1 rings (SSSR count). The van der Waals surface area contributed by atoms with Crippen molar-refractivity contribution in [2.45, 2.75) is 25.2 Å². The number of hydrogen-bond acceptors (Lipinski definition) is 6. The van der Waals surface area contributed by atoms with Crippen molar-refractivity contribution < 1.29 is 19.4 Å². The van der Waals surface area contributed by atoms with E-state index in [-0.39, 0.29) is 6.61 Å². The van der Waals surface area contributed by atoms with Crippen molar-refractivity contribution in [3.05, 3.63) is 24.2 Å². The van der Waals surface area contributed by atoms with Gasteiger partial charge >= 0.3 is 0 Å². The van der Waals surface area contributed by atoms with E-state index in [2.05, 4.69) is 5.32 Å². The third kappa shape index (κ3) is 7.62. The fourth-order valence-electron chi connectivity index (χ4n) is 1.99. The van der Waals surface area contributed by atoms with Gasteiger partial charge in [0, 0.05) is 19.6 Å². The van der Waals surface area contributed by atoms with Crippen LogP contribution in [-0.4, -0.2) is 67.2 Å². The molecule has 2 atom stereocenters. The van der Waals surface area contributed by atoms with Gasteiger partial charge in [-0.05, 0) is 33.2 Å². The Labute approximate surface area is 120 Å². The summed E-state index contributed by atoms with van der Waals surface area (Å²) in [6.07, 6.45) is 0.976. The summed E-state index contributed by atoms with van der Waals surface area (Å²) in [6, 6.07) is 3.62. The second kappa shape index (κ2) is 8.39. The van der Waals surface area contributed by atoms with Gasteiger partial charge in [-0.3, -0.25) is 0 Å². The zero-order valence-electron chi connectivity index (χ0n) is 12.5. The molecule has 1 heterocycles. The van der Waals surface area contributed by atoms with Crippen molar-refractivity contribution in [2.24, 2.45) is 0 Å². The van der Waals surface area contributed by atoms with Crippen LogP contribution in [0.1, 0.15) is 12.7 Å². The highest BCUT2D eigenvalue weighted by Gasteiger charge is 2.21. The van der Waals surface area contributed by atoms with Gasteiger partial charge in [-0.15, -0.1) is 0 Å². The molecule has 0 aliphatic carbocycles. The van der Waals surface area contributed by atoms with Crippen molar-refractivity contribution in [1.29, 1.82) is 0 Å². The minimum atomic E-state index is -0.821. The van der Waals surface area contributed by atoms with Crippen LogP contribution in [0.15, 0.2) is 22.8 Å². The fourth-order valence-corrected chi connectivity index (χ4v) is 1.99. The number of furan rings is 1. The van der Waals surface area contributed by atoms with Gasteiger partial charge in [0.25, 0.3) is 0 Å². The topological polar surface area (TPSA) is 78.1 Å². The summed E-state index contributed by atoms with van der Waals surface area (Å²) in [5, 5.41) is 22.9. The van der Waals surface area contributed by atoms with E-state index in [0.29, 0.717) is 26.2 Å². The number of rotatable bonds is 10. The highest BCUT2D eigenvalue weighted by molar-refractivity contribution is 4.96. The molecule has 0 bridgehead atoms. The van der Waals surface area contributed by atoms with Crippen LogP contribution in [0.25, 0.3) is 0 Å². The molecule has 0 saturated carbocycles. The lowest BCUT2D eigenvalue weighted by Crippen LogP contribution is -2.47. The van der Waals surface area contributed by atoms with Crippen LogP contribution in [0, 0.1) is 0 Å². The Bertz CT molecular complexity index is 352. The van der Waals surface area contributed by atoms with Gasteiger partial charge in [-0.25, -0.2) is 0 Å². The molecule has 0 amide bonds. The summed E-state index contributed by atoms with van der Waals surface area (Å²) < 4.78 is 10.5. The predicted molar refractivity (Wildman–Crippen MR) is 76.4 cm³/mol. The average Bonchev–Trinajstić information content (AvgIpc) is 2.79. The van der Waals surface area contributed by atoms with Gasteiger partial charge in [0.1, 0.15) is 12.4 Å². The average molecular weight is 286 g/mol. The summed E-state index contributed by atoms with van der Waals surface area (Å²) in [6.45, 7) is 3.69. The maximum Gasteiger partial charge on any atom is 0.129 e. The number of ether oxygens (including phenoxy) is 1. The van der Waals surface area contributed by atoms with E-state index in [0.717, 1.165) is 5.76 Å². The third-order valence-electron chi connectivity index (χ3n) is 2.68. The molecule has 0 spiro atoms. The molecule has 0 saturated heterocycles. The highest BCUT2D eigenvalue weighted by Crippen LogP contribution is 2.03. The van der Waals surface area contributed by atoms with Crippen molar-refractivity contribution in [3.8, 4) is 0 Å². The molecular formula is C14H26N2O4. The van der Waals surface area contributed by atoms with Gasteiger partial charge in [-0.2, -0.15) is 0 Å².